The molecule has 0 aromatic heterocycles. The maximum atomic E-state index is 13.9. The van der Waals surface area contributed by atoms with E-state index in [0.29, 0.717) is 10.7 Å². The number of para-hydroxylation sites is 1. The highest BCUT2D eigenvalue weighted by atomic mass is 35.5. The molecule has 5 nitrogen and oxygen atoms in total. The van der Waals surface area contributed by atoms with Crippen LogP contribution in [0.15, 0.2) is 108 Å². The monoisotopic (exact) mass is 518 g/mol. The molecular weight excluding hydrogens is 492 g/mol. The standard InChI is InChI=1S/C29H27ClN2O3S/c1-21-12-18-26(19-13-21)36(34,35)32(20-23-14-16-25(30)17-15-23)28-11-7-6-10-27(28)29(33)31-22(2)24-8-4-3-5-9-24/h3-19,22H,20H2,1-2H3,(H,31,33)/t22-/m1/s1. The lowest BCUT2D eigenvalue weighted by atomic mass is 10.1. The molecule has 0 spiro atoms. The van der Waals surface area contributed by atoms with Crippen LogP contribution in [0.5, 0.6) is 0 Å². The number of nitrogens with zero attached hydrogens (tertiary/aromatic N) is 1. The van der Waals surface area contributed by atoms with Gasteiger partial charge in [0.15, 0.2) is 0 Å². The Bertz CT molecular complexity index is 1440. The minimum atomic E-state index is -4.00. The molecule has 4 rings (SSSR count). The Kier molecular flexibility index (Phi) is 7.77. The van der Waals surface area contributed by atoms with E-state index in [4.69, 9.17) is 11.6 Å². The van der Waals surface area contributed by atoms with E-state index in [-0.39, 0.29) is 29.0 Å². The van der Waals surface area contributed by atoms with E-state index < -0.39 is 10.0 Å². The zero-order valence-electron chi connectivity index (χ0n) is 20.1. The molecule has 1 N–H and O–H groups in total. The summed E-state index contributed by atoms with van der Waals surface area (Å²) in [7, 11) is -4.00. The van der Waals surface area contributed by atoms with Gasteiger partial charge in [-0.2, -0.15) is 0 Å². The fourth-order valence-corrected chi connectivity index (χ4v) is 5.47. The second-order valence-corrected chi connectivity index (χ2v) is 10.9. The van der Waals surface area contributed by atoms with Gasteiger partial charge >= 0.3 is 0 Å². The number of nitrogens with one attached hydrogen (secondary N) is 1. The third-order valence-corrected chi connectivity index (χ3v) is 7.94. The van der Waals surface area contributed by atoms with Crippen LogP contribution >= 0.6 is 11.6 Å². The summed E-state index contributed by atoms with van der Waals surface area (Å²) in [6.45, 7) is 3.83. The van der Waals surface area contributed by atoms with Crippen LogP contribution in [0.4, 0.5) is 5.69 Å². The summed E-state index contributed by atoms with van der Waals surface area (Å²) in [6, 6.07) is 29.8. The first-order valence-corrected chi connectivity index (χ1v) is 13.4. The molecule has 0 radical (unpaired) electrons. The molecule has 0 unspecified atom stereocenters. The lowest BCUT2D eigenvalue weighted by molar-refractivity contribution is 0.0940. The van der Waals surface area contributed by atoms with E-state index in [1.807, 2.05) is 44.2 Å². The molecule has 0 bridgehead atoms. The molecule has 4 aromatic rings. The van der Waals surface area contributed by atoms with Crippen molar-refractivity contribution in [1.29, 1.82) is 0 Å². The van der Waals surface area contributed by atoms with E-state index in [1.165, 1.54) is 4.31 Å². The molecule has 0 aliphatic heterocycles. The Morgan fingerprint density at radius 3 is 2.14 bits per heavy atom. The number of anilines is 1. The Morgan fingerprint density at radius 2 is 1.47 bits per heavy atom. The Morgan fingerprint density at radius 1 is 0.861 bits per heavy atom. The highest BCUT2D eigenvalue weighted by Crippen LogP contribution is 2.30. The van der Waals surface area contributed by atoms with E-state index in [0.717, 1.165) is 16.7 Å². The van der Waals surface area contributed by atoms with Gasteiger partial charge < -0.3 is 5.32 Å². The smallest absolute Gasteiger partial charge is 0.264 e. The van der Waals surface area contributed by atoms with Crippen LogP contribution in [-0.4, -0.2) is 14.3 Å². The van der Waals surface area contributed by atoms with Crippen molar-refractivity contribution in [2.24, 2.45) is 0 Å². The van der Waals surface area contributed by atoms with Crippen molar-refractivity contribution in [3.63, 3.8) is 0 Å². The first-order chi connectivity index (χ1) is 17.3. The van der Waals surface area contributed by atoms with E-state index >= 15 is 0 Å². The normalized spacial score (nSPS) is 12.1. The van der Waals surface area contributed by atoms with Crippen molar-refractivity contribution < 1.29 is 13.2 Å². The van der Waals surface area contributed by atoms with Crippen LogP contribution in [0.3, 0.4) is 0 Å². The lowest BCUT2D eigenvalue weighted by Crippen LogP contribution is -2.34. The molecule has 36 heavy (non-hydrogen) atoms. The maximum absolute atomic E-state index is 13.9. The van der Waals surface area contributed by atoms with Gasteiger partial charge in [-0.25, -0.2) is 8.42 Å². The van der Waals surface area contributed by atoms with Crippen molar-refractivity contribution in [2.45, 2.75) is 31.3 Å². The van der Waals surface area contributed by atoms with Crippen molar-refractivity contribution in [1.82, 2.24) is 5.32 Å². The van der Waals surface area contributed by atoms with Crippen molar-refractivity contribution >= 4 is 33.2 Å². The van der Waals surface area contributed by atoms with Gasteiger partial charge in [-0.05, 0) is 61.4 Å². The minimum Gasteiger partial charge on any atom is -0.345 e. The molecule has 4 aromatic carbocycles. The fourth-order valence-electron chi connectivity index (χ4n) is 3.88. The molecule has 0 aliphatic rings. The largest absolute Gasteiger partial charge is 0.345 e. The predicted octanol–water partition coefficient (Wildman–Crippen LogP) is 6.53. The third-order valence-electron chi connectivity index (χ3n) is 5.91. The fraction of sp³-hybridized carbons (Fsp3) is 0.138. The number of hydrogen-bond donors (Lipinski definition) is 1. The SMILES string of the molecule is Cc1ccc(S(=O)(=O)N(Cc2ccc(Cl)cc2)c2ccccc2C(=O)N[C@H](C)c2ccccc2)cc1. The molecule has 0 fully saturated rings. The summed E-state index contributed by atoms with van der Waals surface area (Å²) >= 11 is 6.05. The predicted molar refractivity (Wildman–Crippen MR) is 145 cm³/mol. The van der Waals surface area contributed by atoms with E-state index in [1.54, 1.807) is 72.8 Å². The molecule has 0 heterocycles. The lowest BCUT2D eigenvalue weighted by Gasteiger charge is -2.27. The molecule has 0 saturated carbocycles. The molecular formula is C29H27ClN2O3S. The Labute approximate surface area is 217 Å². The highest BCUT2D eigenvalue weighted by molar-refractivity contribution is 7.92. The summed E-state index contributed by atoms with van der Waals surface area (Å²) in [5.41, 5.74) is 3.21. The third kappa shape index (κ3) is 5.78. The average molecular weight is 519 g/mol. The molecule has 0 aliphatic carbocycles. The number of carbonyl (C=O) groups excluding carboxylic acids is 1. The van der Waals surface area contributed by atoms with Gasteiger partial charge in [0.1, 0.15) is 0 Å². The number of halogens is 1. The molecule has 1 amide bonds. The zero-order valence-corrected chi connectivity index (χ0v) is 21.6. The van der Waals surface area contributed by atoms with Gasteiger partial charge in [-0.3, -0.25) is 9.10 Å². The van der Waals surface area contributed by atoms with Gasteiger partial charge in [-0.15, -0.1) is 0 Å². The van der Waals surface area contributed by atoms with Crippen LogP contribution in [-0.2, 0) is 16.6 Å². The van der Waals surface area contributed by atoms with Crippen molar-refractivity contribution in [3.05, 3.63) is 130 Å². The van der Waals surface area contributed by atoms with Crippen molar-refractivity contribution in [2.75, 3.05) is 4.31 Å². The number of rotatable bonds is 8. The van der Waals surface area contributed by atoms with Crippen molar-refractivity contribution in [3.8, 4) is 0 Å². The topological polar surface area (TPSA) is 66.5 Å². The van der Waals surface area contributed by atoms with Gasteiger partial charge in [-0.1, -0.05) is 83.9 Å². The quantitative estimate of drug-likeness (QED) is 0.288. The number of sulfonamides is 1. The number of benzene rings is 4. The van der Waals surface area contributed by atoms with Crippen LogP contribution in [0.2, 0.25) is 5.02 Å². The zero-order chi connectivity index (χ0) is 25.7. The summed E-state index contributed by atoms with van der Waals surface area (Å²) in [4.78, 5) is 13.6. The number of hydrogen-bond acceptors (Lipinski definition) is 3. The summed E-state index contributed by atoms with van der Waals surface area (Å²) < 4.78 is 29.1. The molecule has 184 valence electrons. The number of aryl methyl sites for hydroxylation is 1. The second kappa shape index (κ2) is 11.0. The molecule has 7 heteroatoms. The van der Waals surface area contributed by atoms with Gasteiger partial charge in [0.2, 0.25) is 0 Å². The molecule has 0 saturated heterocycles. The van der Waals surface area contributed by atoms with Crippen LogP contribution in [0.1, 0.15) is 40.0 Å². The Balaban J connectivity index is 1.76. The van der Waals surface area contributed by atoms with E-state index in [2.05, 4.69) is 5.32 Å². The maximum Gasteiger partial charge on any atom is 0.264 e. The first kappa shape index (κ1) is 25.5. The van der Waals surface area contributed by atoms with Gasteiger partial charge in [0.05, 0.1) is 28.7 Å². The van der Waals surface area contributed by atoms with Crippen LogP contribution in [0.25, 0.3) is 0 Å². The minimum absolute atomic E-state index is 0.0336. The summed E-state index contributed by atoms with van der Waals surface area (Å²) in [5, 5.41) is 3.56. The van der Waals surface area contributed by atoms with Gasteiger partial charge in [0, 0.05) is 5.02 Å². The number of carbonyl (C=O) groups is 1. The highest BCUT2D eigenvalue weighted by Gasteiger charge is 2.29. The van der Waals surface area contributed by atoms with Crippen LogP contribution < -0.4 is 9.62 Å². The number of amides is 1. The van der Waals surface area contributed by atoms with Crippen LogP contribution in [0, 0.1) is 6.92 Å². The first-order valence-electron chi connectivity index (χ1n) is 11.5. The average Bonchev–Trinajstić information content (AvgIpc) is 2.89. The second-order valence-electron chi connectivity index (χ2n) is 8.57. The van der Waals surface area contributed by atoms with E-state index in [9.17, 15) is 13.2 Å². The summed E-state index contributed by atoms with van der Waals surface area (Å²) in [6.07, 6.45) is 0. The van der Waals surface area contributed by atoms with Gasteiger partial charge in [0.25, 0.3) is 15.9 Å². The summed E-state index contributed by atoms with van der Waals surface area (Å²) in [5.74, 6) is -0.359. The molecule has 1 atom stereocenters. The Hall–Kier alpha value is -3.61.